The van der Waals surface area contributed by atoms with E-state index in [1.165, 1.54) is 6.08 Å². The van der Waals surface area contributed by atoms with Gasteiger partial charge in [0.25, 0.3) is 5.91 Å². The molecule has 1 heterocycles. The van der Waals surface area contributed by atoms with Crippen LogP contribution in [0.3, 0.4) is 0 Å². The Hall–Kier alpha value is -2.89. The summed E-state index contributed by atoms with van der Waals surface area (Å²) >= 11 is 0. The third-order valence-corrected chi connectivity index (χ3v) is 4.05. The number of nitrogens with two attached hydrogens (primary N) is 1. The van der Waals surface area contributed by atoms with Gasteiger partial charge in [-0.1, -0.05) is 26.5 Å². The summed E-state index contributed by atoms with van der Waals surface area (Å²) in [6.07, 6.45) is 3.16. The second-order valence-electron chi connectivity index (χ2n) is 6.36. The Bertz CT molecular complexity index is 821. The highest BCUT2D eigenvalue weighted by Crippen LogP contribution is 2.25. The van der Waals surface area contributed by atoms with E-state index < -0.39 is 5.91 Å². The van der Waals surface area contributed by atoms with Crippen LogP contribution in [0.2, 0.25) is 0 Å². The number of carbonyl (C=O) groups excluding carboxylic acids is 2. The van der Waals surface area contributed by atoms with Gasteiger partial charge in [-0.2, -0.15) is 5.10 Å². The lowest BCUT2D eigenvalue weighted by Gasteiger charge is -2.22. The fourth-order valence-corrected chi connectivity index (χ4v) is 2.78. The summed E-state index contributed by atoms with van der Waals surface area (Å²) in [7, 11) is 1.85. The van der Waals surface area contributed by atoms with Gasteiger partial charge in [0.1, 0.15) is 0 Å². The predicted octanol–water partition coefficient (Wildman–Crippen LogP) is 2.67. The van der Waals surface area contributed by atoms with Gasteiger partial charge < -0.3 is 10.6 Å². The maximum atomic E-state index is 12.4. The van der Waals surface area contributed by atoms with Crippen molar-refractivity contribution < 1.29 is 9.59 Å². The summed E-state index contributed by atoms with van der Waals surface area (Å²) in [4.78, 5) is 25.6. The van der Waals surface area contributed by atoms with Crippen molar-refractivity contribution in [3.05, 3.63) is 59.4 Å². The summed E-state index contributed by atoms with van der Waals surface area (Å²) in [5, 5.41) is 4.48. The van der Waals surface area contributed by atoms with Crippen LogP contribution in [0.4, 0.5) is 5.69 Å². The Morgan fingerprint density at radius 2 is 2.08 bits per heavy atom. The van der Waals surface area contributed by atoms with Crippen LogP contribution in [0.25, 0.3) is 0 Å². The zero-order valence-electron chi connectivity index (χ0n) is 15.1. The van der Waals surface area contributed by atoms with Gasteiger partial charge in [0.2, 0.25) is 5.91 Å². The molecule has 2 rings (SSSR count). The fraction of sp³-hybridized carbons (Fsp3) is 0.316. The number of nitrogens with zero attached hydrogens (tertiary/aromatic N) is 3. The van der Waals surface area contributed by atoms with Gasteiger partial charge in [-0.15, -0.1) is 0 Å². The second-order valence-corrected chi connectivity index (χ2v) is 6.36. The lowest BCUT2D eigenvalue weighted by atomic mass is 10.0. The van der Waals surface area contributed by atoms with Crippen LogP contribution >= 0.6 is 0 Å². The minimum atomic E-state index is -0.519. The number of rotatable bonds is 6. The standard InChI is InChI=1S/C19H24N4O2/c1-6-17(24)23(11-14-10-22(5)21-18(14)12(2)3)15-8-7-13(4)16(9-15)19(20)25/h6-10,12H,1,11H2,2-5H3,(H2,20,25). The molecule has 0 bridgehead atoms. The number of benzene rings is 1. The first-order chi connectivity index (χ1) is 11.7. The van der Waals surface area contributed by atoms with Gasteiger partial charge in [0.05, 0.1) is 12.2 Å². The number of amides is 2. The van der Waals surface area contributed by atoms with E-state index in [0.29, 0.717) is 17.8 Å². The predicted molar refractivity (Wildman–Crippen MR) is 98.4 cm³/mol. The SMILES string of the molecule is C=CC(=O)N(Cc1cn(C)nc1C(C)C)c1ccc(C)c(C(N)=O)c1. The van der Waals surface area contributed by atoms with E-state index in [1.807, 2.05) is 20.2 Å². The van der Waals surface area contributed by atoms with Crippen LogP contribution in [-0.4, -0.2) is 21.6 Å². The van der Waals surface area contributed by atoms with Crippen LogP contribution in [-0.2, 0) is 18.4 Å². The summed E-state index contributed by atoms with van der Waals surface area (Å²) in [6, 6.07) is 5.23. The normalized spacial score (nSPS) is 10.8. The van der Waals surface area contributed by atoms with Crippen LogP contribution in [0.1, 0.15) is 46.9 Å². The first-order valence-electron chi connectivity index (χ1n) is 8.11. The quantitative estimate of drug-likeness (QED) is 0.821. The van der Waals surface area contributed by atoms with E-state index in [2.05, 4.69) is 25.5 Å². The van der Waals surface area contributed by atoms with Gasteiger partial charge in [-0.25, -0.2) is 0 Å². The number of anilines is 1. The van der Waals surface area contributed by atoms with Crippen LogP contribution in [0, 0.1) is 6.92 Å². The Balaban J connectivity index is 2.48. The summed E-state index contributed by atoms with van der Waals surface area (Å²) < 4.78 is 1.74. The number of hydrogen-bond donors (Lipinski definition) is 1. The molecule has 2 aromatic rings. The van der Waals surface area contributed by atoms with Crippen molar-refractivity contribution in [3.63, 3.8) is 0 Å². The molecule has 6 nitrogen and oxygen atoms in total. The van der Waals surface area contributed by atoms with E-state index in [0.717, 1.165) is 16.8 Å². The maximum absolute atomic E-state index is 12.4. The molecule has 0 aliphatic carbocycles. The second kappa shape index (κ2) is 7.34. The Morgan fingerprint density at radius 1 is 1.40 bits per heavy atom. The fourth-order valence-electron chi connectivity index (χ4n) is 2.78. The molecule has 0 spiro atoms. The Labute approximate surface area is 147 Å². The average Bonchev–Trinajstić information content (AvgIpc) is 2.93. The number of aryl methyl sites for hydroxylation is 2. The van der Waals surface area contributed by atoms with Crippen LogP contribution in [0.15, 0.2) is 37.1 Å². The first kappa shape index (κ1) is 18.4. The molecule has 0 aliphatic rings. The monoisotopic (exact) mass is 340 g/mol. The zero-order valence-corrected chi connectivity index (χ0v) is 15.1. The van der Waals surface area contributed by atoms with Crippen molar-refractivity contribution in [1.29, 1.82) is 0 Å². The van der Waals surface area contributed by atoms with Crippen LogP contribution < -0.4 is 10.6 Å². The van der Waals surface area contributed by atoms with E-state index in [-0.39, 0.29) is 11.8 Å². The molecular formula is C19H24N4O2. The zero-order chi connectivity index (χ0) is 18.7. The Kier molecular flexibility index (Phi) is 5.41. The molecule has 1 aromatic carbocycles. The molecule has 6 heteroatoms. The highest BCUT2D eigenvalue weighted by molar-refractivity contribution is 6.02. The number of primary amides is 1. The van der Waals surface area contributed by atoms with E-state index in [1.54, 1.807) is 27.8 Å². The summed E-state index contributed by atoms with van der Waals surface area (Å²) in [6.45, 7) is 9.85. The number of aromatic nitrogens is 2. The number of carbonyl (C=O) groups is 2. The minimum Gasteiger partial charge on any atom is -0.366 e. The molecule has 25 heavy (non-hydrogen) atoms. The topological polar surface area (TPSA) is 81.2 Å². The molecular weight excluding hydrogens is 316 g/mol. The van der Waals surface area contributed by atoms with Gasteiger partial charge in [-0.05, 0) is 36.6 Å². The maximum Gasteiger partial charge on any atom is 0.250 e. The summed E-state index contributed by atoms with van der Waals surface area (Å²) in [5.74, 6) is -0.538. The highest BCUT2D eigenvalue weighted by atomic mass is 16.2. The molecule has 132 valence electrons. The molecule has 0 radical (unpaired) electrons. The minimum absolute atomic E-state index is 0.232. The van der Waals surface area contributed by atoms with Crippen molar-refractivity contribution in [2.45, 2.75) is 33.2 Å². The van der Waals surface area contributed by atoms with Gasteiger partial charge in [0, 0.05) is 30.1 Å². The average molecular weight is 340 g/mol. The van der Waals surface area contributed by atoms with Crippen molar-refractivity contribution in [2.24, 2.45) is 12.8 Å². The molecule has 0 fully saturated rings. The molecule has 2 N–H and O–H groups in total. The van der Waals surface area contributed by atoms with Crippen molar-refractivity contribution in [3.8, 4) is 0 Å². The lowest BCUT2D eigenvalue weighted by molar-refractivity contribution is -0.114. The Morgan fingerprint density at radius 3 is 2.64 bits per heavy atom. The smallest absolute Gasteiger partial charge is 0.250 e. The van der Waals surface area contributed by atoms with Crippen molar-refractivity contribution in [1.82, 2.24) is 9.78 Å². The van der Waals surface area contributed by atoms with E-state index >= 15 is 0 Å². The van der Waals surface area contributed by atoms with Crippen LogP contribution in [0.5, 0.6) is 0 Å². The first-order valence-corrected chi connectivity index (χ1v) is 8.11. The molecule has 0 aliphatic heterocycles. The largest absolute Gasteiger partial charge is 0.366 e. The van der Waals surface area contributed by atoms with E-state index in [4.69, 9.17) is 5.73 Å². The molecule has 0 saturated carbocycles. The molecule has 1 aromatic heterocycles. The van der Waals surface area contributed by atoms with Crippen molar-refractivity contribution in [2.75, 3.05) is 4.90 Å². The summed E-state index contributed by atoms with van der Waals surface area (Å²) in [5.41, 5.74) is 9.09. The highest BCUT2D eigenvalue weighted by Gasteiger charge is 2.20. The molecule has 0 unspecified atom stereocenters. The van der Waals surface area contributed by atoms with E-state index in [9.17, 15) is 9.59 Å². The lowest BCUT2D eigenvalue weighted by Crippen LogP contribution is -2.29. The van der Waals surface area contributed by atoms with Gasteiger partial charge in [0.15, 0.2) is 0 Å². The molecule has 0 atom stereocenters. The third-order valence-electron chi connectivity index (χ3n) is 4.05. The van der Waals surface area contributed by atoms with Gasteiger partial charge >= 0.3 is 0 Å². The van der Waals surface area contributed by atoms with Crippen molar-refractivity contribution >= 4 is 17.5 Å². The third kappa shape index (κ3) is 3.96. The molecule has 0 saturated heterocycles. The number of hydrogen-bond acceptors (Lipinski definition) is 3. The van der Waals surface area contributed by atoms with Gasteiger partial charge in [-0.3, -0.25) is 14.3 Å². The molecule has 2 amide bonds.